The van der Waals surface area contributed by atoms with Crippen LogP contribution in [0.3, 0.4) is 0 Å². The van der Waals surface area contributed by atoms with Crippen LogP contribution >= 0.6 is 0 Å². The molecule has 0 aliphatic carbocycles. The van der Waals surface area contributed by atoms with Gasteiger partial charge in [0, 0.05) is 18.0 Å². The van der Waals surface area contributed by atoms with Crippen LogP contribution in [0.25, 0.3) is 10.9 Å². The molecule has 1 heterocycles. The summed E-state index contributed by atoms with van der Waals surface area (Å²) in [5, 5.41) is 12.8. The summed E-state index contributed by atoms with van der Waals surface area (Å²) in [5.74, 6) is -1.48. The molecule has 0 saturated carbocycles. The maximum Gasteiger partial charge on any atom is 0.326 e. The molecule has 0 bridgehead atoms. The van der Waals surface area contributed by atoms with Gasteiger partial charge in [0.1, 0.15) is 6.04 Å². The predicted molar refractivity (Wildman–Crippen MR) is 95.5 cm³/mol. The molecule has 2 N–H and O–H groups in total. The molecular formula is C20H18N2O3. The molecule has 0 unspecified atom stereocenters. The lowest BCUT2D eigenvalue weighted by molar-refractivity contribution is -0.139. The third-order valence-electron chi connectivity index (χ3n) is 4.02. The molecule has 0 radical (unpaired) electrons. The van der Waals surface area contributed by atoms with Gasteiger partial charge in [0.05, 0.1) is 11.1 Å². The molecule has 126 valence electrons. The zero-order chi connectivity index (χ0) is 17.8. The van der Waals surface area contributed by atoms with E-state index in [4.69, 9.17) is 0 Å². The standard InChI is InChI=1S/C20H18N2O3/c1-13-5-4-6-14(11-13)12-18(20(24)25)22-19(23)16-9-10-21-17-8-3-2-7-15(16)17/h2-11,18H,12H2,1H3,(H,22,23)(H,24,25)/t18-/m0/s1. The van der Waals surface area contributed by atoms with E-state index in [1.54, 1.807) is 18.3 Å². The molecule has 0 spiro atoms. The number of carbonyl (C=O) groups is 2. The van der Waals surface area contributed by atoms with E-state index in [0.29, 0.717) is 16.5 Å². The minimum atomic E-state index is -1.06. The fourth-order valence-electron chi connectivity index (χ4n) is 2.80. The van der Waals surface area contributed by atoms with Crippen LogP contribution in [0, 0.1) is 6.92 Å². The number of fused-ring (bicyclic) bond motifs is 1. The van der Waals surface area contributed by atoms with Gasteiger partial charge in [0.2, 0.25) is 0 Å². The first-order valence-electron chi connectivity index (χ1n) is 7.97. The second-order valence-electron chi connectivity index (χ2n) is 5.93. The van der Waals surface area contributed by atoms with Crippen molar-refractivity contribution in [2.75, 3.05) is 0 Å². The van der Waals surface area contributed by atoms with Crippen molar-refractivity contribution in [3.63, 3.8) is 0 Å². The van der Waals surface area contributed by atoms with Crippen LogP contribution in [-0.2, 0) is 11.2 Å². The first-order valence-corrected chi connectivity index (χ1v) is 7.97. The number of carboxylic acids is 1. The highest BCUT2D eigenvalue weighted by Gasteiger charge is 2.22. The average molecular weight is 334 g/mol. The lowest BCUT2D eigenvalue weighted by atomic mass is 10.0. The first-order chi connectivity index (χ1) is 12.0. The summed E-state index contributed by atoms with van der Waals surface area (Å²) in [7, 11) is 0. The fourth-order valence-corrected chi connectivity index (χ4v) is 2.80. The van der Waals surface area contributed by atoms with Crippen LogP contribution in [0.15, 0.2) is 60.8 Å². The number of carboxylic acid groups (broad SMARTS) is 1. The highest BCUT2D eigenvalue weighted by molar-refractivity contribution is 6.06. The summed E-state index contributed by atoms with van der Waals surface area (Å²) in [6.07, 6.45) is 1.78. The second kappa shape index (κ2) is 7.13. The molecule has 0 saturated heterocycles. The van der Waals surface area contributed by atoms with Crippen molar-refractivity contribution in [1.29, 1.82) is 0 Å². The van der Waals surface area contributed by atoms with Crippen LogP contribution in [0.4, 0.5) is 0 Å². The van der Waals surface area contributed by atoms with E-state index in [2.05, 4.69) is 10.3 Å². The van der Waals surface area contributed by atoms with Crippen molar-refractivity contribution < 1.29 is 14.7 Å². The SMILES string of the molecule is Cc1cccc(C[C@H](NC(=O)c2ccnc3ccccc23)C(=O)O)c1. The molecule has 5 heteroatoms. The van der Waals surface area contributed by atoms with E-state index in [1.807, 2.05) is 49.4 Å². The number of aryl methyl sites for hydroxylation is 1. The Morgan fingerprint density at radius 2 is 1.92 bits per heavy atom. The van der Waals surface area contributed by atoms with Crippen molar-refractivity contribution in [3.8, 4) is 0 Å². The van der Waals surface area contributed by atoms with Gasteiger partial charge in [-0.2, -0.15) is 0 Å². The van der Waals surface area contributed by atoms with Crippen molar-refractivity contribution in [1.82, 2.24) is 10.3 Å². The monoisotopic (exact) mass is 334 g/mol. The first kappa shape index (κ1) is 16.6. The van der Waals surface area contributed by atoms with Gasteiger partial charge in [-0.05, 0) is 24.6 Å². The molecule has 0 aliphatic heterocycles. The smallest absolute Gasteiger partial charge is 0.326 e. The number of nitrogens with zero attached hydrogens (tertiary/aromatic N) is 1. The van der Waals surface area contributed by atoms with Crippen LogP contribution in [0.1, 0.15) is 21.5 Å². The van der Waals surface area contributed by atoms with E-state index in [0.717, 1.165) is 11.1 Å². The van der Waals surface area contributed by atoms with Crippen molar-refractivity contribution in [3.05, 3.63) is 77.5 Å². The number of hydrogen-bond donors (Lipinski definition) is 2. The van der Waals surface area contributed by atoms with Gasteiger partial charge >= 0.3 is 5.97 Å². The van der Waals surface area contributed by atoms with Crippen LogP contribution in [0.5, 0.6) is 0 Å². The highest BCUT2D eigenvalue weighted by Crippen LogP contribution is 2.16. The number of rotatable bonds is 5. The Bertz CT molecular complexity index is 932. The average Bonchev–Trinajstić information content (AvgIpc) is 2.60. The van der Waals surface area contributed by atoms with Gasteiger partial charge < -0.3 is 10.4 Å². The summed E-state index contributed by atoms with van der Waals surface area (Å²) in [4.78, 5) is 28.4. The molecule has 3 rings (SSSR count). The number of aromatic nitrogens is 1. The Morgan fingerprint density at radius 3 is 2.68 bits per heavy atom. The van der Waals surface area contributed by atoms with Gasteiger partial charge in [-0.3, -0.25) is 9.78 Å². The number of pyridine rings is 1. The van der Waals surface area contributed by atoms with Crippen LogP contribution < -0.4 is 5.32 Å². The number of aliphatic carboxylic acids is 1. The van der Waals surface area contributed by atoms with E-state index in [9.17, 15) is 14.7 Å². The molecule has 1 atom stereocenters. The molecule has 1 amide bonds. The normalized spacial score (nSPS) is 11.9. The second-order valence-corrected chi connectivity index (χ2v) is 5.93. The van der Waals surface area contributed by atoms with Crippen molar-refractivity contribution >= 4 is 22.8 Å². The summed E-state index contributed by atoms with van der Waals surface area (Å²) in [6, 6.07) is 15.5. The quantitative estimate of drug-likeness (QED) is 0.752. The molecule has 25 heavy (non-hydrogen) atoms. The fraction of sp³-hybridized carbons (Fsp3) is 0.150. The Balaban J connectivity index is 1.84. The zero-order valence-corrected chi connectivity index (χ0v) is 13.8. The Morgan fingerprint density at radius 1 is 1.12 bits per heavy atom. The largest absolute Gasteiger partial charge is 0.480 e. The van der Waals surface area contributed by atoms with Gasteiger partial charge in [-0.15, -0.1) is 0 Å². The minimum absolute atomic E-state index is 0.228. The molecule has 3 aromatic rings. The Kier molecular flexibility index (Phi) is 4.75. The van der Waals surface area contributed by atoms with Crippen LogP contribution in [-0.4, -0.2) is 28.0 Å². The van der Waals surface area contributed by atoms with Crippen molar-refractivity contribution in [2.24, 2.45) is 0 Å². The summed E-state index contributed by atoms with van der Waals surface area (Å²) in [5.41, 5.74) is 3.03. The van der Waals surface area contributed by atoms with Crippen LogP contribution in [0.2, 0.25) is 0 Å². The molecule has 0 aliphatic rings. The number of carbonyl (C=O) groups excluding carboxylic acids is 1. The van der Waals surface area contributed by atoms with E-state index >= 15 is 0 Å². The summed E-state index contributed by atoms with van der Waals surface area (Å²) < 4.78 is 0. The van der Waals surface area contributed by atoms with Gasteiger partial charge in [-0.1, -0.05) is 48.0 Å². The number of para-hydroxylation sites is 1. The maximum absolute atomic E-state index is 12.6. The number of amides is 1. The molecular weight excluding hydrogens is 316 g/mol. The van der Waals surface area contributed by atoms with Gasteiger partial charge in [0.15, 0.2) is 0 Å². The maximum atomic E-state index is 12.6. The van der Waals surface area contributed by atoms with E-state index in [1.165, 1.54) is 0 Å². The summed E-state index contributed by atoms with van der Waals surface area (Å²) >= 11 is 0. The molecule has 5 nitrogen and oxygen atoms in total. The third kappa shape index (κ3) is 3.83. The molecule has 2 aromatic carbocycles. The van der Waals surface area contributed by atoms with Gasteiger partial charge in [-0.25, -0.2) is 4.79 Å². The number of benzene rings is 2. The third-order valence-corrected chi connectivity index (χ3v) is 4.02. The van der Waals surface area contributed by atoms with E-state index in [-0.39, 0.29) is 6.42 Å². The van der Waals surface area contributed by atoms with Gasteiger partial charge in [0.25, 0.3) is 5.91 Å². The minimum Gasteiger partial charge on any atom is -0.480 e. The van der Waals surface area contributed by atoms with E-state index < -0.39 is 17.9 Å². The van der Waals surface area contributed by atoms with Crippen molar-refractivity contribution in [2.45, 2.75) is 19.4 Å². The summed E-state index contributed by atoms with van der Waals surface area (Å²) in [6.45, 7) is 1.95. The highest BCUT2D eigenvalue weighted by atomic mass is 16.4. The lowest BCUT2D eigenvalue weighted by Crippen LogP contribution is -2.42. The molecule has 0 fully saturated rings. The Labute approximate surface area is 145 Å². The predicted octanol–water partition coefficient (Wildman–Crippen LogP) is 2.97. The number of nitrogens with one attached hydrogen (secondary N) is 1. The zero-order valence-electron chi connectivity index (χ0n) is 13.8. The topological polar surface area (TPSA) is 79.3 Å². The number of hydrogen-bond acceptors (Lipinski definition) is 3. The Hall–Kier alpha value is -3.21. The lowest BCUT2D eigenvalue weighted by Gasteiger charge is -2.15. The molecule has 1 aromatic heterocycles.